The molecule has 0 spiro atoms. The quantitative estimate of drug-likeness (QED) is 0.479. The molecule has 1 fully saturated rings. The van der Waals surface area contributed by atoms with Gasteiger partial charge in [-0.15, -0.1) is 0 Å². The van der Waals surface area contributed by atoms with E-state index in [0.29, 0.717) is 18.8 Å². The van der Waals surface area contributed by atoms with Crippen molar-refractivity contribution in [1.82, 2.24) is 0 Å². The number of aryl methyl sites for hydroxylation is 1. The van der Waals surface area contributed by atoms with Gasteiger partial charge in [-0.1, -0.05) is 25.5 Å². The molecule has 1 aliphatic rings. The molecular weight excluding hydrogens is 377 g/mol. The fourth-order valence-electron chi connectivity index (χ4n) is 4.08. The second kappa shape index (κ2) is 10.0. The van der Waals surface area contributed by atoms with Gasteiger partial charge in [0.2, 0.25) is 5.82 Å². The molecule has 158 valence electrons. The minimum atomic E-state index is -0.906. The first-order valence-corrected chi connectivity index (χ1v) is 10.5. The van der Waals surface area contributed by atoms with Gasteiger partial charge < -0.3 is 9.47 Å². The van der Waals surface area contributed by atoms with Gasteiger partial charge in [0.1, 0.15) is 0 Å². The molecule has 3 rings (SSSR count). The van der Waals surface area contributed by atoms with E-state index in [1.807, 2.05) is 6.07 Å². The van der Waals surface area contributed by atoms with E-state index in [4.69, 9.17) is 9.47 Å². The minimum absolute atomic E-state index is 0.0125. The van der Waals surface area contributed by atoms with Crippen molar-refractivity contribution in [1.29, 1.82) is 0 Å². The molecule has 0 heterocycles. The first-order valence-electron chi connectivity index (χ1n) is 10.5. The molecular formula is C24H29F3O2. The van der Waals surface area contributed by atoms with Crippen molar-refractivity contribution in [2.24, 2.45) is 5.92 Å². The summed E-state index contributed by atoms with van der Waals surface area (Å²) >= 11 is 0. The van der Waals surface area contributed by atoms with Crippen molar-refractivity contribution in [2.45, 2.75) is 58.3 Å². The summed E-state index contributed by atoms with van der Waals surface area (Å²) in [5, 5.41) is 0. The first-order chi connectivity index (χ1) is 14.0. The summed E-state index contributed by atoms with van der Waals surface area (Å²) in [6.07, 6.45) is 5.03. The van der Waals surface area contributed by atoms with Gasteiger partial charge in [-0.2, -0.15) is 4.39 Å². The van der Waals surface area contributed by atoms with E-state index in [1.165, 1.54) is 6.07 Å². The van der Waals surface area contributed by atoms with Gasteiger partial charge in [-0.3, -0.25) is 0 Å². The SMILES string of the molecule is CCCc1ccc(OCC2CCC(c3ccc(OCC)c(F)c3F)CC2)c(F)c1. The van der Waals surface area contributed by atoms with E-state index >= 15 is 0 Å². The maximum atomic E-state index is 14.4. The third-order valence-electron chi connectivity index (χ3n) is 5.67. The van der Waals surface area contributed by atoms with Crippen LogP contribution >= 0.6 is 0 Å². The molecule has 0 amide bonds. The van der Waals surface area contributed by atoms with Gasteiger partial charge in [-0.05, 0) is 80.2 Å². The van der Waals surface area contributed by atoms with Crippen molar-refractivity contribution in [2.75, 3.05) is 13.2 Å². The highest BCUT2D eigenvalue weighted by Gasteiger charge is 2.27. The number of hydrogen-bond donors (Lipinski definition) is 0. The zero-order valence-electron chi connectivity index (χ0n) is 17.1. The van der Waals surface area contributed by atoms with E-state index in [2.05, 4.69) is 6.92 Å². The van der Waals surface area contributed by atoms with Crippen LogP contribution in [0.3, 0.4) is 0 Å². The Hall–Kier alpha value is -2.17. The smallest absolute Gasteiger partial charge is 0.200 e. The van der Waals surface area contributed by atoms with E-state index in [0.717, 1.165) is 44.1 Å². The molecule has 5 heteroatoms. The Morgan fingerprint density at radius 2 is 1.59 bits per heavy atom. The Kier molecular flexibility index (Phi) is 7.45. The van der Waals surface area contributed by atoms with Crippen molar-refractivity contribution >= 4 is 0 Å². The highest BCUT2D eigenvalue weighted by atomic mass is 19.2. The molecule has 1 aliphatic carbocycles. The van der Waals surface area contributed by atoms with Crippen LogP contribution in [0.4, 0.5) is 13.2 Å². The van der Waals surface area contributed by atoms with Gasteiger partial charge in [0, 0.05) is 0 Å². The molecule has 2 nitrogen and oxygen atoms in total. The van der Waals surface area contributed by atoms with Crippen LogP contribution in [-0.4, -0.2) is 13.2 Å². The van der Waals surface area contributed by atoms with E-state index in [1.54, 1.807) is 25.1 Å². The maximum absolute atomic E-state index is 14.4. The Morgan fingerprint density at radius 3 is 2.24 bits per heavy atom. The molecule has 2 aromatic rings. The zero-order chi connectivity index (χ0) is 20.8. The van der Waals surface area contributed by atoms with Crippen LogP contribution in [0, 0.1) is 23.4 Å². The summed E-state index contributed by atoms with van der Waals surface area (Å²) in [7, 11) is 0. The highest BCUT2D eigenvalue weighted by molar-refractivity contribution is 5.33. The van der Waals surface area contributed by atoms with Gasteiger partial charge >= 0.3 is 0 Å². The predicted octanol–water partition coefficient (Wildman–Crippen LogP) is 6.81. The van der Waals surface area contributed by atoms with Crippen LogP contribution in [0.15, 0.2) is 30.3 Å². The second-order valence-corrected chi connectivity index (χ2v) is 7.76. The molecule has 2 aromatic carbocycles. The van der Waals surface area contributed by atoms with E-state index in [-0.39, 0.29) is 29.2 Å². The normalized spacial score (nSPS) is 19.2. The Morgan fingerprint density at radius 1 is 0.862 bits per heavy atom. The molecule has 0 aromatic heterocycles. The molecule has 0 N–H and O–H groups in total. The largest absolute Gasteiger partial charge is 0.491 e. The predicted molar refractivity (Wildman–Crippen MR) is 108 cm³/mol. The zero-order valence-corrected chi connectivity index (χ0v) is 17.1. The summed E-state index contributed by atoms with van der Waals surface area (Å²) < 4.78 is 53.6. The van der Waals surface area contributed by atoms with E-state index < -0.39 is 11.6 Å². The average molecular weight is 406 g/mol. The Bertz CT molecular complexity index is 814. The van der Waals surface area contributed by atoms with Crippen molar-refractivity contribution in [3.05, 3.63) is 58.9 Å². The molecule has 1 saturated carbocycles. The molecule has 0 unspecified atom stereocenters. The standard InChI is InChI=1S/C24H29F3O2/c1-3-5-16-8-12-21(20(25)14-16)29-15-17-6-9-18(10-7-17)19-11-13-22(28-4-2)24(27)23(19)26/h8,11-14,17-18H,3-7,9-10,15H2,1-2H3. The molecule has 0 bridgehead atoms. The minimum Gasteiger partial charge on any atom is -0.491 e. The van der Waals surface area contributed by atoms with Crippen molar-refractivity contribution < 1.29 is 22.6 Å². The molecule has 0 atom stereocenters. The lowest BCUT2D eigenvalue weighted by molar-refractivity contribution is 0.193. The lowest BCUT2D eigenvalue weighted by Crippen LogP contribution is -2.20. The topological polar surface area (TPSA) is 18.5 Å². The summed E-state index contributed by atoms with van der Waals surface area (Å²) in [5.41, 5.74) is 1.39. The van der Waals surface area contributed by atoms with Gasteiger partial charge in [0.05, 0.1) is 13.2 Å². The maximum Gasteiger partial charge on any atom is 0.200 e. The van der Waals surface area contributed by atoms with Gasteiger partial charge in [-0.25, -0.2) is 8.78 Å². The summed E-state index contributed by atoms with van der Waals surface area (Å²) in [5.74, 6) is -1.51. The summed E-state index contributed by atoms with van der Waals surface area (Å²) in [6.45, 7) is 4.53. The number of hydrogen-bond acceptors (Lipinski definition) is 2. The Labute approximate surface area is 171 Å². The fraction of sp³-hybridized carbons (Fsp3) is 0.500. The van der Waals surface area contributed by atoms with Gasteiger partial charge in [0.25, 0.3) is 0 Å². The molecule has 0 radical (unpaired) electrons. The van der Waals surface area contributed by atoms with E-state index in [9.17, 15) is 13.2 Å². The number of halogens is 3. The van der Waals surface area contributed by atoms with Gasteiger partial charge in [0.15, 0.2) is 23.1 Å². The van der Waals surface area contributed by atoms with Crippen LogP contribution in [0.2, 0.25) is 0 Å². The third-order valence-corrected chi connectivity index (χ3v) is 5.67. The monoisotopic (exact) mass is 406 g/mol. The lowest BCUT2D eigenvalue weighted by Gasteiger charge is -2.29. The van der Waals surface area contributed by atoms with Crippen molar-refractivity contribution in [3.8, 4) is 11.5 Å². The average Bonchev–Trinajstić information content (AvgIpc) is 2.72. The third kappa shape index (κ3) is 5.26. The molecule has 0 aliphatic heterocycles. The van der Waals surface area contributed by atoms with Crippen LogP contribution in [-0.2, 0) is 6.42 Å². The Balaban J connectivity index is 1.54. The van der Waals surface area contributed by atoms with Crippen LogP contribution in [0.25, 0.3) is 0 Å². The number of rotatable bonds is 8. The molecule has 0 saturated heterocycles. The molecule has 29 heavy (non-hydrogen) atoms. The summed E-state index contributed by atoms with van der Waals surface area (Å²) in [6, 6.07) is 8.29. The number of benzene rings is 2. The first kappa shape index (κ1) is 21.5. The number of ether oxygens (including phenoxy) is 2. The van der Waals surface area contributed by atoms with Crippen LogP contribution in [0.5, 0.6) is 11.5 Å². The summed E-state index contributed by atoms with van der Waals surface area (Å²) in [4.78, 5) is 0. The van der Waals surface area contributed by atoms with Crippen molar-refractivity contribution in [3.63, 3.8) is 0 Å². The highest BCUT2D eigenvalue weighted by Crippen LogP contribution is 2.39. The second-order valence-electron chi connectivity index (χ2n) is 7.76. The van der Waals surface area contributed by atoms with Crippen LogP contribution < -0.4 is 9.47 Å². The lowest BCUT2D eigenvalue weighted by atomic mass is 9.79. The fourth-order valence-corrected chi connectivity index (χ4v) is 4.08. The van der Waals surface area contributed by atoms with Crippen LogP contribution in [0.1, 0.15) is 63.0 Å².